The van der Waals surface area contributed by atoms with Crippen LogP contribution in [-0.4, -0.2) is 35.7 Å². The van der Waals surface area contributed by atoms with E-state index in [1.807, 2.05) is 29.2 Å². The van der Waals surface area contributed by atoms with E-state index in [9.17, 15) is 18.4 Å². The fraction of sp³-hybridized carbons (Fsp3) is 0.440. The lowest BCUT2D eigenvalue weighted by molar-refractivity contribution is -0.121. The summed E-state index contributed by atoms with van der Waals surface area (Å²) in [7, 11) is 0. The van der Waals surface area contributed by atoms with Gasteiger partial charge in [0, 0.05) is 17.5 Å². The first-order valence-corrected chi connectivity index (χ1v) is 10.9. The number of piperidine rings is 1. The topological polar surface area (TPSA) is 49.4 Å². The summed E-state index contributed by atoms with van der Waals surface area (Å²) in [6.45, 7) is 7.28. The highest BCUT2D eigenvalue weighted by atomic mass is 19.1. The van der Waals surface area contributed by atoms with Crippen LogP contribution in [-0.2, 0) is 11.2 Å². The van der Waals surface area contributed by atoms with Crippen LogP contribution in [0.25, 0.3) is 0 Å². The Balaban J connectivity index is 1.54. The van der Waals surface area contributed by atoms with Crippen molar-refractivity contribution in [3.05, 3.63) is 65.2 Å². The molecule has 0 radical (unpaired) electrons. The number of benzene rings is 2. The molecule has 1 amide bonds. The molecule has 0 aliphatic carbocycles. The largest absolute Gasteiger partial charge is 0.322 e. The molecule has 166 valence electrons. The van der Waals surface area contributed by atoms with Crippen LogP contribution in [0, 0.1) is 23.5 Å². The molecular weight excluding hydrogens is 398 g/mol. The monoisotopic (exact) mass is 428 g/mol. The Morgan fingerprint density at radius 1 is 1.03 bits per heavy atom. The van der Waals surface area contributed by atoms with E-state index in [2.05, 4.69) is 19.2 Å². The number of anilines is 1. The van der Waals surface area contributed by atoms with Gasteiger partial charge in [0.25, 0.3) is 0 Å². The third kappa shape index (κ3) is 5.97. The molecule has 2 aromatic carbocycles. The number of Topliss-reactive ketones (excluding diaryl/α,β-unsaturated/α-hetero) is 1. The lowest BCUT2D eigenvalue weighted by Crippen LogP contribution is -2.47. The van der Waals surface area contributed by atoms with Crippen molar-refractivity contribution in [3.8, 4) is 0 Å². The first-order valence-electron chi connectivity index (χ1n) is 10.9. The predicted octanol–water partition coefficient (Wildman–Crippen LogP) is 5.09. The molecule has 3 rings (SSSR count). The van der Waals surface area contributed by atoms with E-state index in [-0.39, 0.29) is 17.4 Å². The molecular formula is C25H30F2N2O2. The zero-order valence-corrected chi connectivity index (χ0v) is 18.3. The number of nitrogens with one attached hydrogen (secondary N) is 1. The van der Waals surface area contributed by atoms with E-state index in [0.717, 1.165) is 30.2 Å². The first kappa shape index (κ1) is 23.1. The summed E-state index contributed by atoms with van der Waals surface area (Å²) < 4.78 is 27.1. The van der Waals surface area contributed by atoms with E-state index in [0.29, 0.717) is 31.8 Å². The van der Waals surface area contributed by atoms with Gasteiger partial charge in [-0.2, -0.15) is 0 Å². The van der Waals surface area contributed by atoms with Gasteiger partial charge in [-0.25, -0.2) is 8.78 Å². The number of nitrogens with zero attached hydrogens (tertiary/aromatic N) is 1. The van der Waals surface area contributed by atoms with E-state index in [1.54, 1.807) is 6.92 Å². The lowest BCUT2D eigenvalue weighted by Gasteiger charge is -2.34. The molecule has 6 heteroatoms. The highest BCUT2D eigenvalue weighted by Gasteiger charge is 2.30. The number of halogens is 2. The van der Waals surface area contributed by atoms with Gasteiger partial charge in [-0.15, -0.1) is 0 Å². The first-order chi connectivity index (χ1) is 14.7. The number of likely N-dealkylation sites (tertiary alicyclic amines) is 1. The van der Waals surface area contributed by atoms with Crippen molar-refractivity contribution in [2.45, 2.75) is 46.1 Å². The van der Waals surface area contributed by atoms with Crippen molar-refractivity contribution in [1.82, 2.24) is 4.90 Å². The maximum absolute atomic E-state index is 13.8. The molecule has 1 fully saturated rings. The SMILES string of the molecule is CC(C)Cc1ccc(C(=O)C2CCN(C(C)C(=O)Nc3cc(F)ccc3F)CC2)cc1. The molecule has 4 nitrogen and oxygen atoms in total. The van der Waals surface area contributed by atoms with Gasteiger partial charge in [-0.05, 0) is 62.9 Å². The van der Waals surface area contributed by atoms with Crippen molar-refractivity contribution in [3.63, 3.8) is 0 Å². The lowest BCUT2D eigenvalue weighted by atomic mass is 9.88. The Bertz CT molecular complexity index is 920. The van der Waals surface area contributed by atoms with Crippen LogP contribution in [0.2, 0.25) is 0 Å². The summed E-state index contributed by atoms with van der Waals surface area (Å²) in [6, 6.07) is 10.3. The number of hydrogen-bond donors (Lipinski definition) is 1. The zero-order valence-electron chi connectivity index (χ0n) is 18.3. The van der Waals surface area contributed by atoms with Crippen LogP contribution in [0.3, 0.4) is 0 Å². The second kappa shape index (κ2) is 10.1. The number of hydrogen-bond acceptors (Lipinski definition) is 3. The summed E-state index contributed by atoms with van der Waals surface area (Å²) in [5.74, 6) is -1.03. The van der Waals surface area contributed by atoms with E-state index in [4.69, 9.17) is 0 Å². The fourth-order valence-corrected chi connectivity index (χ4v) is 4.06. The highest BCUT2D eigenvalue weighted by Crippen LogP contribution is 2.24. The maximum Gasteiger partial charge on any atom is 0.241 e. The van der Waals surface area contributed by atoms with E-state index < -0.39 is 23.6 Å². The Labute approximate surface area is 182 Å². The van der Waals surface area contributed by atoms with Gasteiger partial charge in [-0.1, -0.05) is 38.1 Å². The zero-order chi connectivity index (χ0) is 22.5. The molecule has 0 saturated carbocycles. The van der Waals surface area contributed by atoms with Crippen molar-refractivity contribution in [2.24, 2.45) is 11.8 Å². The minimum absolute atomic E-state index is 0.0666. The molecule has 1 N–H and O–H groups in total. The molecule has 0 spiro atoms. The summed E-state index contributed by atoms with van der Waals surface area (Å²) in [5.41, 5.74) is 1.80. The molecule has 31 heavy (non-hydrogen) atoms. The molecule has 1 saturated heterocycles. The second-order valence-electron chi connectivity index (χ2n) is 8.76. The summed E-state index contributed by atoms with van der Waals surface area (Å²) in [6.07, 6.45) is 2.32. The molecule has 1 unspecified atom stereocenters. The quantitative estimate of drug-likeness (QED) is 0.626. The van der Waals surface area contributed by atoms with E-state index >= 15 is 0 Å². The Morgan fingerprint density at radius 3 is 2.29 bits per heavy atom. The van der Waals surface area contributed by atoms with Crippen LogP contribution >= 0.6 is 0 Å². The third-order valence-electron chi connectivity index (χ3n) is 5.90. The summed E-state index contributed by atoms with van der Waals surface area (Å²) >= 11 is 0. The van der Waals surface area contributed by atoms with Crippen LogP contribution in [0.5, 0.6) is 0 Å². The minimum atomic E-state index is -0.675. The molecule has 1 aliphatic rings. The number of carbonyl (C=O) groups excluding carboxylic acids is 2. The van der Waals surface area contributed by atoms with Crippen molar-refractivity contribution in [2.75, 3.05) is 18.4 Å². The van der Waals surface area contributed by atoms with Gasteiger partial charge in [-0.3, -0.25) is 14.5 Å². The van der Waals surface area contributed by atoms with Gasteiger partial charge in [0.2, 0.25) is 5.91 Å². The van der Waals surface area contributed by atoms with Gasteiger partial charge in [0.15, 0.2) is 5.78 Å². The minimum Gasteiger partial charge on any atom is -0.322 e. The molecule has 1 atom stereocenters. The maximum atomic E-state index is 13.8. The van der Waals surface area contributed by atoms with Crippen LogP contribution < -0.4 is 5.32 Å². The Morgan fingerprint density at radius 2 is 1.68 bits per heavy atom. The predicted molar refractivity (Wildman–Crippen MR) is 118 cm³/mol. The molecule has 1 aliphatic heterocycles. The number of carbonyl (C=O) groups is 2. The van der Waals surface area contributed by atoms with Gasteiger partial charge in [0.1, 0.15) is 11.6 Å². The molecule has 1 heterocycles. The average Bonchev–Trinajstić information content (AvgIpc) is 2.75. The summed E-state index contributed by atoms with van der Waals surface area (Å²) in [5, 5.41) is 2.46. The fourth-order valence-electron chi connectivity index (χ4n) is 4.06. The van der Waals surface area contributed by atoms with Crippen LogP contribution in [0.1, 0.15) is 49.5 Å². The van der Waals surface area contributed by atoms with E-state index in [1.165, 1.54) is 5.56 Å². The number of ketones is 1. The smallest absolute Gasteiger partial charge is 0.241 e. The van der Waals surface area contributed by atoms with Crippen LogP contribution in [0.4, 0.5) is 14.5 Å². The normalized spacial score (nSPS) is 16.3. The molecule has 0 aromatic heterocycles. The third-order valence-corrected chi connectivity index (χ3v) is 5.90. The van der Waals surface area contributed by atoms with Gasteiger partial charge in [0.05, 0.1) is 11.7 Å². The Kier molecular flexibility index (Phi) is 7.55. The highest BCUT2D eigenvalue weighted by molar-refractivity contribution is 5.98. The van der Waals surface area contributed by atoms with Gasteiger partial charge >= 0.3 is 0 Å². The van der Waals surface area contributed by atoms with Crippen LogP contribution in [0.15, 0.2) is 42.5 Å². The number of rotatable bonds is 7. The second-order valence-corrected chi connectivity index (χ2v) is 8.76. The number of amides is 1. The average molecular weight is 429 g/mol. The molecule has 0 bridgehead atoms. The summed E-state index contributed by atoms with van der Waals surface area (Å²) in [4.78, 5) is 27.4. The Hall–Kier alpha value is -2.60. The molecule has 2 aromatic rings. The standard InChI is InChI=1S/C25H30F2N2O2/c1-16(2)14-18-4-6-19(7-5-18)24(30)20-10-12-29(13-11-20)17(3)25(31)28-23-15-21(26)8-9-22(23)27/h4-9,15-17,20H,10-14H2,1-3H3,(H,28,31). The van der Waals surface area contributed by atoms with Crippen molar-refractivity contribution >= 4 is 17.4 Å². The van der Waals surface area contributed by atoms with Crippen molar-refractivity contribution < 1.29 is 18.4 Å². The van der Waals surface area contributed by atoms with Gasteiger partial charge < -0.3 is 5.32 Å². The van der Waals surface area contributed by atoms with Crippen molar-refractivity contribution in [1.29, 1.82) is 0 Å².